The van der Waals surface area contributed by atoms with E-state index in [1.54, 1.807) is 4.90 Å². The largest absolute Gasteiger partial charge is 0.326 e. The molecule has 0 aromatic heterocycles. The Balaban J connectivity index is 1.73. The lowest BCUT2D eigenvalue weighted by Crippen LogP contribution is -2.40. The van der Waals surface area contributed by atoms with Gasteiger partial charge in [-0.25, -0.2) is 4.79 Å². The molecule has 1 aliphatic rings. The molecule has 1 aromatic rings. The highest BCUT2D eigenvalue weighted by atomic mass is 16.2. The number of likely N-dealkylation sites (N-methyl/N-ethyl adjacent to an activating group) is 1. The molecule has 0 unspecified atom stereocenters. The number of nitrogens with one attached hydrogen (secondary N) is 1. The van der Waals surface area contributed by atoms with E-state index in [0.29, 0.717) is 0 Å². The van der Waals surface area contributed by atoms with E-state index in [-0.39, 0.29) is 6.03 Å². The van der Waals surface area contributed by atoms with Crippen LogP contribution in [0.15, 0.2) is 30.3 Å². The molecule has 1 aromatic carbocycles. The minimum atomic E-state index is -0.0387. The number of anilines is 1. The van der Waals surface area contributed by atoms with E-state index in [0.717, 1.165) is 18.8 Å². The van der Waals surface area contributed by atoms with E-state index in [1.165, 1.54) is 32.4 Å². The minimum Gasteiger partial charge on any atom is -0.326 e. The summed E-state index contributed by atoms with van der Waals surface area (Å²) in [5.74, 6) is 0. The number of carbonyl (C=O) groups excluding carboxylic acids is 1. The third-order valence-electron chi connectivity index (χ3n) is 3.57. The van der Waals surface area contributed by atoms with Gasteiger partial charge in [-0.05, 0) is 38.1 Å². The molecule has 0 bridgehead atoms. The van der Waals surface area contributed by atoms with Crippen molar-refractivity contribution in [3.05, 3.63) is 30.3 Å². The first-order valence-corrected chi connectivity index (χ1v) is 7.05. The number of likely N-dealkylation sites (tertiary alicyclic amines) is 1. The van der Waals surface area contributed by atoms with E-state index < -0.39 is 0 Å². The van der Waals surface area contributed by atoms with Gasteiger partial charge in [0.05, 0.1) is 0 Å². The maximum Gasteiger partial charge on any atom is 0.321 e. The third-order valence-corrected chi connectivity index (χ3v) is 3.57. The molecule has 1 saturated heterocycles. The molecule has 0 aliphatic carbocycles. The predicted octanol–water partition coefficient (Wildman–Crippen LogP) is 2.64. The predicted molar refractivity (Wildman–Crippen MR) is 78.4 cm³/mol. The van der Waals surface area contributed by atoms with Crippen LogP contribution in [-0.2, 0) is 0 Å². The zero-order chi connectivity index (χ0) is 13.5. The van der Waals surface area contributed by atoms with Crippen LogP contribution in [0, 0.1) is 0 Å². The molecule has 1 aliphatic heterocycles. The number of rotatable bonds is 4. The van der Waals surface area contributed by atoms with Crippen LogP contribution >= 0.6 is 0 Å². The Morgan fingerprint density at radius 3 is 2.58 bits per heavy atom. The summed E-state index contributed by atoms with van der Waals surface area (Å²) in [6, 6.07) is 9.54. The van der Waals surface area contributed by atoms with Gasteiger partial charge in [0.1, 0.15) is 0 Å². The molecule has 4 heteroatoms. The molecular weight excluding hydrogens is 238 g/mol. The second-order valence-electron chi connectivity index (χ2n) is 5.12. The Morgan fingerprint density at radius 1 is 1.21 bits per heavy atom. The van der Waals surface area contributed by atoms with Gasteiger partial charge in [0, 0.05) is 25.8 Å². The standard InChI is InChI=1S/C15H23N3O/c1-17(12-13-18-10-6-3-7-11-18)15(19)16-14-8-4-2-5-9-14/h2,4-5,8-9H,3,6-7,10-13H2,1H3,(H,16,19). The number of benzene rings is 1. The normalized spacial score (nSPS) is 16.1. The summed E-state index contributed by atoms with van der Waals surface area (Å²) >= 11 is 0. The van der Waals surface area contributed by atoms with Crippen molar-refractivity contribution in [2.45, 2.75) is 19.3 Å². The number of amides is 2. The zero-order valence-electron chi connectivity index (χ0n) is 11.6. The maximum absolute atomic E-state index is 12.0. The van der Waals surface area contributed by atoms with Gasteiger partial charge in [0.2, 0.25) is 0 Å². The molecule has 0 spiro atoms. The van der Waals surface area contributed by atoms with E-state index in [9.17, 15) is 4.79 Å². The first kappa shape index (κ1) is 13.9. The monoisotopic (exact) mass is 261 g/mol. The number of carbonyl (C=O) groups is 1. The van der Waals surface area contributed by atoms with Gasteiger partial charge in [-0.15, -0.1) is 0 Å². The highest BCUT2D eigenvalue weighted by Gasteiger charge is 2.13. The van der Waals surface area contributed by atoms with Crippen LogP contribution in [0.3, 0.4) is 0 Å². The van der Waals surface area contributed by atoms with Crippen molar-refractivity contribution >= 4 is 11.7 Å². The summed E-state index contributed by atoms with van der Waals surface area (Å²) in [4.78, 5) is 16.2. The van der Waals surface area contributed by atoms with E-state index in [2.05, 4.69) is 10.2 Å². The third kappa shape index (κ3) is 4.56. The summed E-state index contributed by atoms with van der Waals surface area (Å²) in [5, 5.41) is 2.90. The van der Waals surface area contributed by atoms with Crippen molar-refractivity contribution in [2.24, 2.45) is 0 Å². The van der Waals surface area contributed by atoms with Gasteiger partial charge in [-0.1, -0.05) is 24.6 Å². The molecule has 0 atom stereocenters. The SMILES string of the molecule is CN(CCN1CCCCC1)C(=O)Nc1ccccc1. The molecule has 2 rings (SSSR count). The molecule has 2 amide bonds. The van der Waals surface area contributed by atoms with Gasteiger partial charge < -0.3 is 15.1 Å². The Bertz CT molecular complexity index is 388. The highest BCUT2D eigenvalue weighted by Crippen LogP contribution is 2.09. The molecule has 104 valence electrons. The lowest BCUT2D eigenvalue weighted by Gasteiger charge is -2.28. The number of urea groups is 1. The quantitative estimate of drug-likeness (QED) is 0.904. The van der Waals surface area contributed by atoms with Crippen molar-refractivity contribution in [3.63, 3.8) is 0 Å². The fourth-order valence-electron chi connectivity index (χ4n) is 2.32. The van der Waals surface area contributed by atoms with Crippen LogP contribution in [0.5, 0.6) is 0 Å². The number of hydrogen-bond donors (Lipinski definition) is 1. The van der Waals surface area contributed by atoms with Crippen molar-refractivity contribution in [1.82, 2.24) is 9.80 Å². The summed E-state index contributed by atoms with van der Waals surface area (Å²) < 4.78 is 0. The van der Waals surface area contributed by atoms with Crippen LogP contribution in [-0.4, -0.2) is 49.1 Å². The number of nitrogens with zero attached hydrogens (tertiary/aromatic N) is 2. The van der Waals surface area contributed by atoms with Gasteiger partial charge in [0.25, 0.3) is 0 Å². The lowest BCUT2D eigenvalue weighted by atomic mass is 10.1. The van der Waals surface area contributed by atoms with Gasteiger partial charge in [0.15, 0.2) is 0 Å². The van der Waals surface area contributed by atoms with E-state index >= 15 is 0 Å². The summed E-state index contributed by atoms with van der Waals surface area (Å²) in [6.45, 7) is 4.10. The molecule has 1 heterocycles. The number of piperidine rings is 1. The maximum atomic E-state index is 12.0. The molecule has 1 fully saturated rings. The molecule has 0 saturated carbocycles. The van der Waals surface area contributed by atoms with Gasteiger partial charge >= 0.3 is 6.03 Å². The van der Waals surface area contributed by atoms with Gasteiger partial charge in [-0.2, -0.15) is 0 Å². The van der Waals surface area contributed by atoms with Crippen molar-refractivity contribution in [2.75, 3.05) is 38.5 Å². The zero-order valence-corrected chi connectivity index (χ0v) is 11.6. The smallest absolute Gasteiger partial charge is 0.321 e. The van der Waals surface area contributed by atoms with Crippen LogP contribution in [0.2, 0.25) is 0 Å². The Hall–Kier alpha value is -1.55. The Labute approximate surface area is 115 Å². The van der Waals surface area contributed by atoms with Crippen LogP contribution in [0.25, 0.3) is 0 Å². The molecule has 1 N–H and O–H groups in total. The summed E-state index contributed by atoms with van der Waals surface area (Å²) in [7, 11) is 1.85. The van der Waals surface area contributed by atoms with Crippen LogP contribution in [0.1, 0.15) is 19.3 Å². The van der Waals surface area contributed by atoms with E-state index in [4.69, 9.17) is 0 Å². The molecule has 4 nitrogen and oxygen atoms in total. The van der Waals surface area contributed by atoms with Crippen LogP contribution < -0.4 is 5.32 Å². The molecule has 0 radical (unpaired) electrons. The average molecular weight is 261 g/mol. The number of hydrogen-bond acceptors (Lipinski definition) is 2. The van der Waals surface area contributed by atoms with Gasteiger partial charge in [-0.3, -0.25) is 0 Å². The first-order valence-electron chi connectivity index (χ1n) is 7.05. The Morgan fingerprint density at radius 2 is 1.89 bits per heavy atom. The second-order valence-corrected chi connectivity index (χ2v) is 5.12. The number of para-hydroxylation sites is 1. The summed E-state index contributed by atoms with van der Waals surface area (Å²) in [5.41, 5.74) is 0.845. The van der Waals surface area contributed by atoms with Crippen molar-refractivity contribution < 1.29 is 4.79 Å². The average Bonchev–Trinajstić information content (AvgIpc) is 2.47. The fraction of sp³-hybridized carbons (Fsp3) is 0.533. The first-order chi connectivity index (χ1) is 9.25. The van der Waals surface area contributed by atoms with E-state index in [1.807, 2.05) is 37.4 Å². The lowest BCUT2D eigenvalue weighted by molar-refractivity contribution is 0.192. The minimum absolute atomic E-state index is 0.0387. The second kappa shape index (κ2) is 7.14. The molecule has 19 heavy (non-hydrogen) atoms. The highest BCUT2D eigenvalue weighted by molar-refractivity contribution is 5.89. The van der Waals surface area contributed by atoms with Crippen LogP contribution in [0.4, 0.5) is 10.5 Å². The van der Waals surface area contributed by atoms with Crippen molar-refractivity contribution in [1.29, 1.82) is 0 Å². The summed E-state index contributed by atoms with van der Waals surface area (Å²) in [6.07, 6.45) is 3.93. The Kier molecular flexibility index (Phi) is 5.21. The fourth-order valence-corrected chi connectivity index (χ4v) is 2.32. The topological polar surface area (TPSA) is 35.6 Å². The van der Waals surface area contributed by atoms with Crippen molar-refractivity contribution in [3.8, 4) is 0 Å². The molecular formula is C15H23N3O.